The van der Waals surface area contributed by atoms with Crippen LogP contribution >= 0.6 is 0 Å². The zero-order valence-electron chi connectivity index (χ0n) is 12.8. The fourth-order valence-electron chi connectivity index (χ4n) is 2.41. The van der Waals surface area contributed by atoms with E-state index in [4.69, 9.17) is 4.84 Å². The molecule has 1 heterocycles. The van der Waals surface area contributed by atoms with Crippen LogP contribution in [0.1, 0.15) is 56.2 Å². The molecule has 2 nitrogen and oxygen atoms in total. The summed E-state index contributed by atoms with van der Waals surface area (Å²) in [6, 6.07) is 6.52. The first kappa shape index (κ1) is 17.4. The molecule has 1 aliphatic heterocycles. The van der Waals surface area contributed by atoms with Crippen molar-refractivity contribution in [1.29, 1.82) is 0 Å². The molecule has 1 unspecified atom stereocenters. The molecule has 0 aliphatic carbocycles. The predicted octanol–water partition coefficient (Wildman–Crippen LogP) is 4.58. The molecule has 3 heteroatoms. The number of hydrogen-bond acceptors (Lipinski definition) is 2. The Hall–Kier alpha value is -0.687. The van der Waals surface area contributed by atoms with Crippen LogP contribution in [-0.4, -0.2) is 11.3 Å². The molecule has 1 aliphatic rings. The number of hydrogen-bond donors (Lipinski definition) is 0. The smallest absolute Gasteiger partial charge is 0.389 e. The Kier molecular flexibility index (Phi) is 6.39. The molecule has 0 saturated carbocycles. The van der Waals surface area contributed by atoms with E-state index in [9.17, 15) is 0 Å². The van der Waals surface area contributed by atoms with E-state index in [1.165, 1.54) is 16.7 Å². The van der Waals surface area contributed by atoms with Gasteiger partial charge in [0.2, 0.25) is 0 Å². The van der Waals surface area contributed by atoms with Gasteiger partial charge >= 0.3 is 19.5 Å². The van der Waals surface area contributed by atoms with Gasteiger partial charge in [0.05, 0.1) is 5.71 Å². The van der Waals surface area contributed by atoms with E-state index < -0.39 is 0 Å². The second-order valence-corrected chi connectivity index (χ2v) is 5.79. The van der Waals surface area contributed by atoms with E-state index in [1.54, 1.807) is 0 Å². The van der Waals surface area contributed by atoms with Crippen molar-refractivity contribution < 1.29 is 24.3 Å². The van der Waals surface area contributed by atoms with Gasteiger partial charge in [-0.1, -0.05) is 24.2 Å². The van der Waals surface area contributed by atoms with Crippen LogP contribution in [0, 0.1) is 20.3 Å². The van der Waals surface area contributed by atoms with E-state index in [0.717, 1.165) is 31.4 Å². The van der Waals surface area contributed by atoms with Crippen molar-refractivity contribution in [3.05, 3.63) is 41.3 Å². The molecule has 0 amide bonds. The van der Waals surface area contributed by atoms with Crippen LogP contribution in [0.15, 0.2) is 23.4 Å². The predicted molar refractivity (Wildman–Crippen MR) is 80.4 cm³/mol. The Balaban J connectivity index is 0.00000200. The molecule has 1 atom stereocenters. The Labute approximate surface area is 135 Å². The van der Waals surface area contributed by atoms with Gasteiger partial charge in [0.25, 0.3) is 0 Å². The molecule has 111 valence electrons. The van der Waals surface area contributed by atoms with Crippen molar-refractivity contribution in [3.8, 4) is 0 Å². The topological polar surface area (TPSA) is 21.6 Å². The minimum atomic E-state index is -0.125. The second-order valence-electron chi connectivity index (χ2n) is 5.79. The molecular weight excluding hydrogens is 335 g/mol. The van der Waals surface area contributed by atoms with E-state index in [1.807, 2.05) is 0 Å². The number of oxime groups is 1. The number of rotatable bonds is 5. The van der Waals surface area contributed by atoms with Crippen molar-refractivity contribution in [3.63, 3.8) is 0 Å². The number of unbranched alkanes of at least 4 members (excludes halogenated alkanes) is 2. The zero-order valence-corrected chi connectivity index (χ0v) is 14.6. The Morgan fingerprint density at radius 3 is 2.70 bits per heavy atom. The van der Waals surface area contributed by atoms with Crippen LogP contribution in [0.3, 0.4) is 0 Å². The standard InChI is InChI=1S/C17H24NO.Ru/c1-5-6-7-10-17(4)12-16(18-19-17)15-9-8-13(2)14(3)11-15;/h6,8-9,11H,5,7,10,12H2,1-4H3;/q-1;+1. The van der Waals surface area contributed by atoms with Crippen molar-refractivity contribution >= 4 is 5.71 Å². The van der Waals surface area contributed by atoms with Gasteiger partial charge in [-0.05, 0) is 49.9 Å². The summed E-state index contributed by atoms with van der Waals surface area (Å²) < 4.78 is 0. The maximum Gasteiger partial charge on any atom is 1.00 e. The van der Waals surface area contributed by atoms with Gasteiger partial charge in [0, 0.05) is 6.42 Å². The van der Waals surface area contributed by atoms with E-state index in [0.29, 0.717) is 0 Å². The molecule has 20 heavy (non-hydrogen) atoms. The quantitative estimate of drug-likeness (QED) is 0.428. The van der Waals surface area contributed by atoms with Crippen molar-refractivity contribution in [2.45, 2.75) is 59.0 Å². The SMILES string of the molecule is CC[CH-]CCC1(C)CC(c2ccc(C)c(C)c2)=NO1.[Ru+]. The third-order valence-electron chi connectivity index (χ3n) is 3.92. The Morgan fingerprint density at radius 1 is 1.30 bits per heavy atom. The maximum absolute atomic E-state index is 5.69. The third-order valence-corrected chi connectivity index (χ3v) is 3.92. The molecule has 2 rings (SSSR count). The van der Waals surface area contributed by atoms with Gasteiger partial charge in [0.15, 0.2) is 0 Å². The summed E-state index contributed by atoms with van der Waals surface area (Å²) in [5.41, 5.74) is 4.80. The van der Waals surface area contributed by atoms with Crippen LogP contribution in [-0.2, 0) is 24.3 Å². The molecule has 1 aromatic carbocycles. The molecule has 0 aromatic heterocycles. The van der Waals surface area contributed by atoms with Gasteiger partial charge in [-0.15, -0.1) is 0 Å². The summed E-state index contributed by atoms with van der Waals surface area (Å²) in [5, 5.41) is 4.31. The summed E-state index contributed by atoms with van der Waals surface area (Å²) in [6.45, 7) is 8.62. The van der Waals surface area contributed by atoms with Gasteiger partial charge in [-0.2, -0.15) is 12.8 Å². The molecule has 1 aromatic rings. The normalized spacial score (nSPS) is 21.1. The van der Waals surface area contributed by atoms with Crippen LogP contribution in [0.5, 0.6) is 0 Å². The summed E-state index contributed by atoms with van der Waals surface area (Å²) in [4.78, 5) is 5.69. The van der Waals surface area contributed by atoms with Gasteiger partial charge < -0.3 is 11.3 Å². The number of nitrogens with zero attached hydrogens (tertiary/aromatic N) is 1. The van der Waals surface area contributed by atoms with E-state index >= 15 is 0 Å². The second kappa shape index (κ2) is 7.36. The molecule has 0 bridgehead atoms. The van der Waals surface area contributed by atoms with Crippen LogP contribution in [0.25, 0.3) is 0 Å². The van der Waals surface area contributed by atoms with Gasteiger partial charge in [-0.25, -0.2) is 0 Å². The molecular formula is C17H24NORu. The van der Waals surface area contributed by atoms with E-state index in [2.05, 4.69) is 57.5 Å². The minimum absolute atomic E-state index is 0. The Morgan fingerprint density at radius 2 is 2.05 bits per heavy atom. The first-order valence-electron chi connectivity index (χ1n) is 7.18. The molecule has 0 saturated heterocycles. The fraction of sp³-hybridized carbons (Fsp3) is 0.529. The molecule has 0 N–H and O–H groups in total. The maximum atomic E-state index is 5.69. The average molecular weight is 359 g/mol. The third kappa shape index (κ3) is 4.15. The van der Waals surface area contributed by atoms with Crippen molar-refractivity contribution in [1.82, 2.24) is 0 Å². The first-order valence-corrected chi connectivity index (χ1v) is 7.18. The van der Waals surface area contributed by atoms with Crippen LogP contribution < -0.4 is 0 Å². The first-order chi connectivity index (χ1) is 9.04. The average Bonchev–Trinajstić information content (AvgIpc) is 2.76. The van der Waals surface area contributed by atoms with Crippen molar-refractivity contribution in [2.75, 3.05) is 0 Å². The van der Waals surface area contributed by atoms with Gasteiger partial charge in [-0.3, -0.25) is 0 Å². The zero-order chi connectivity index (χ0) is 13.9. The summed E-state index contributed by atoms with van der Waals surface area (Å²) >= 11 is 0. The monoisotopic (exact) mass is 360 g/mol. The molecule has 0 fully saturated rings. The number of aryl methyl sites for hydroxylation is 2. The van der Waals surface area contributed by atoms with Crippen LogP contribution in [0.4, 0.5) is 0 Å². The minimum Gasteiger partial charge on any atom is -0.389 e. The van der Waals surface area contributed by atoms with E-state index in [-0.39, 0.29) is 25.1 Å². The summed E-state index contributed by atoms with van der Waals surface area (Å²) in [7, 11) is 0. The summed E-state index contributed by atoms with van der Waals surface area (Å²) in [5.74, 6) is 0. The van der Waals surface area contributed by atoms with Crippen molar-refractivity contribution in [2.24, 2.45) is 5.16 Å². The fourth-order valence-corrected chi connectivity index (χ4v) is 2.41. The summed E-state index contributed by atoms with van der Waals surface area (Å²) in [6.07, 6.45) is 6.48. The number of benzene rings is 1. The van der Waals surface area contributed by atoms with Gasteiger partial charge in [0.1, 0.15) is 5.60 Å². The Bertz CT molecular complexity index is 484. The van der Waals surface area contributed by atoms with Crippen LogP contribution in [0.2, 0.25) is 0 Å². The largest absolute Gasteiger partial charge is 1.00 e. The molecule has 0 spiro atoms. The molecule has 1 radical (unpaired) electrons.